The Hall–Kier alpha value is -0.810. The smallest absolute Gasteiger partial charge is 0.279 e. The van der Waals surface area contributed by atoms with Crippen LogP contribution in [0.3, 0.4) is 0 Å². The Balaban J connectivity index is 0.00000312. The number of nitrogens with zero attached hydrogens (tertiary/aromatic N) is 6. The lowest BCUT2D eigenvalue weighted by molar-refractivity contribution is 0.304. The number of tetrazole rings is 1. The average Bonchev–Trinajstić information content (AvgIpc) is 3.06. The second-order valence-corrected chi connectivity index (χ2v) is 8.54. The fourth-order valence-electron chi connectivity index (χ4n) is 3.14. The van der Waals surface area contributed by atoms with Crippen molar-refractivity contribution in [1.82, 2.24) is 34.1 Å². The molecule has 2 heterocycles. The fourth-order valence-corrected chi connectivity index (χ4v) is 4.00. The Bertz CT molecular complexity index is 622. The SMILES string of the molecule is CCC[C@H]1CN(CCCn2nnnc2C)C[C@@H]1NS(=O)(=O)N(C)C.Cl. The van der Waals surface area contributed by atoms with E-state index in [-0.39, 0.29) is 18.4 Å². The van der Waals surface area contributed by atoms with Crippen LogP contribution in [-0.4, -0.2) is 77.6 Å². The van der Waals surface area contributed by atoms with E-state index in [0.717, 1.165) is 51.3 Å². The van der Waals surface area contributed by atoms with E-state index >= 15 is 0 Å². The van der Waals surface area contributed by atoms with E-state index in [2.05, 4.69) is 32.1 Å². The lowest BCUT2D eigenvalue weighted by Crippen LogP contribution is -2.45. The molecule has 1 saturated heterocycles. The van der Waals surface area contributed by atoms with Gasteiger partial charge in [0.15, 0.2) is 0 Å². The molecule has 0 bridgehead atoms. The predicted molar refractivity (Wildman–Crippen MR) is 98.8 cm³/mol. The van der Waals surface area contributed by atoms with Gasteiger partial charge >= 0.3 is 0 Å². The largest absolute Gasteiger partial charge is 0.301 e. The number of halogens is 1. The zero-order chi connectivity index (χ0) is 17.7. The lowest BCUT2D eigenvalue weighted by atomic mass is 9.99. The maximum Gasteiger partial charge on any atom is 0.279 e. The third kappa shape index (κ3) is 6.14. The molecule has 0 aliphatic carbocycles. The molecule has 1 aliphatic heterocycles. The van der Waals surface area contributed by atoms with Crippen molar-refractivity contribution < 1.29 is 8.42 Å². The van der Waals surface area contributed by atoms with Crippen LogP contribution in [0.2, 0.25) is 0 Å². The van der Waals surface area contributed by atoms with Crippen molar-refractivity contribution in [2.75, 3.05) is 33.7 Å². The van der Waals surface area contributed by atoms with E-state index in [4.69, 9.17) is 0 Å². The number of rotatable bonds is 9. The van der Waals surface area contributed by atoms with Gasteiger partial charge in [-0.1, -0.05) is 13.3 Å². The van der Waals surface area contributed by atoms with E-state index in [1.807, 2.05) is 6.92 Å². The first-order valence-corrected chi connectivity index (χ1v) is 9.92. The molecule has 0 unspecified atom stereocenters. The van der Waals surface area contributed by atoms with E-state index < -0.39 is 10.2 Å². The van der Waals surface area contributed by atoms with Gasteiger partial charge in [0.25, 0.3) is 10.2 Å². The molecule has 2 rings (SSSR count). The van der Waals surface area contributed by atoms with Crippen molar-refractivity contribution >= 4 is 22.6 Å². The lowest BCUT2D eigenvalue weighted by Gasteiger charge is -2.21. The molecule has 0 saturated carbocycles. The molecule has 11 heteroatoms. The zero-order valence-electron chi connectivity index (χ0n) is 15.4. The average molecular weight is 396 g/mol. The molecule has 0 aromatic carbocycles. The first-order chi connectivity index (χ1) is 11.3. The molecule has 1 N–H and O–H groups in total. The van der Waals surface area contributed by atoms with Crippen LogP contribution in [0.4, 0.5) is 0 Å². The normalized spacial score (nSPS) is 21.6. The highest BCUT2D eigenvalue weighted by molar-refractivity contribution is 7.87. The third-order valence-electron chi connectivity index (χ3n) is 4.51. The van der Waals surface area contributed by atoms with Crippen molar-refractivity contribution in [3.63, 3.8) is 0 Å². The van der Waals surface area contributed by atoms with Crippen LogP contribution in [-0.2, 0) is 16.8 Å². The standard InChI is InChI=1S/C14H29N7O2S.ClH/c1-5-7-13-10-20(8-6-9-21-12(2)15-17-18-21)11-14(13)16-24(22,23)19(3)4;/h13-14,16H,5-11H2,1-4H3;1H/t13-,14-;/m0./s1. The molecule has 1 aromatic rings. The van der Waals surface area contributed by atoms with Crippen LogP contribution in [0.1, 0.15) is 32.0 Å². The summed E-state index contributed by atoms with van der Waals surface area (Å²) >= 11 is 0. The summed E-state index contributed by atoms with van der Waals surface area (Å²) in [7, 11) is -0.284. The Morgan fingerprint density at radius 2 is 2.00 bits per heavy atom. The number of hydrogen-bond donors (Lipinski definition) is 1. The van der Waals surface area contributed by atoms with Crippen LogP contribution >= 0.6 is 12.4 Å². The molecule has 146 valence electrons. The minimum atomic E-state index is -3.39. The summed E-state index contributed by atoms with van der Waals surface area (Å²) in [4.78, 5) is 2.34. The van der Waals surface area contributed by atoms with Crippen molar-refractivity contribution in [1.29, 1.82) is 0 Å². The maximum atomic E-state index is 12.1. The molecule has 2 atom stereocenters. The number of aromatic nitrogens is 4. The predicted octanol–water partition coefficient (Wildman–Crippen LogP) is 0.290. The van der Waals surface area contributed by atoms with Crippen molar-refractivity contribution in [2.24, 2.45) is 5.92 Å². The van der Waals surface area contributed by atoms with E-state index in [9.17, 15) is 8.42 Å². The second-order valence-electron chi connectivity index (χ2n) is 6.62. The molecule has 1 fully saturated rings. The zero-order valence-corrected chi connectivity index (χ0v) is 17.1. The fraction of sp³-hybridized carbons (Fsp3) is 0.929. The van der Waals surface area contributed by atoms with Gasteiger partial charge in [0.2, 0.25) is 0 Å². The summed E-state index contributed by atoms with van der Waals surface area (Å²) < 4.78 is 30.1. The Kier molecular flexibility index (Phi) is 8.69. The van der Waals surface area contributed by atoms with Gasteiger partial charge in [-0.2, -0.15) is 17.4 Å². The highest BCUT2D eigenvalue weighted by Crippen LogP contribution is 2.23. The molecule has 1 aromatic heterocycles. The Labute approximate surface area is 156 Å². The molecule has 0 amide bonds. The van der Waals surface area contributed by atoms with Gasteiger partial charge in [-0.3, -0.25) is 0 Å². The van der Waals surface area contributed by atoms with Crippen LogP contribution < -0.4 is 4.72 Å². The highest BCUT2D eigenvalue weighted by atomic mass is 35.5. The maximum absolute atomic E-state index is 12.1. The molecule has 9 nitrogen and oxygen atoms in total. The number of hydrogen-bond acceptors (Lipinski definition) is 6. The van der Waals surface area contributed by atoms with Gasteiger partial charge < -0.3 is 4.90 Å². The van der Waals surface area contributed by atoms with Gasteiger partial charge in [-0.15, -0.1) is 17.5 Å². The number of likely N-dealkylation sites (tertiary alicyclic amines) is 1. The van der Waals surface area contributed by atoms with Gasteiger partial charge in [0.1, 0.15) is 5.82 Å². The first kappa shape index (κ1) is 22.2. The van der Waals surface area contributed by atoms with Crippen molar-refractivity contribution in [3.05, 3.63) is 5.82 Å². The van der Waals surface area contributed by atoms with Gasteiger partial charge in [0, 0.05) is 39.8 Å². The number of nitrogens with one attached hydrogen (secondary N) is 1. The molecular weight excluding hydrogens is 366 g/mol. The van der Waals surface area contributed by atoms with E-state index in [1.54, 1.807) is 18.8 Å². The minimum absolute atomic E-state index is 0. The molecule has 0 radical (unpaired) electrons. The third-order valence-corrected chi connectivity index (χ3v) is 6.07. The molecule has 0 spiro atoms. The van der Waals surface area contributed by atoms with Gasteiger partial charge in [-0.25, -0.2) is 4.68 Å². The van der Waals surface area contributed by atoms with Crippen molar-refractivity contribution in [3.8, 4) is 0 Å². The van der Waals surface area contributed by atoms with Gasteiger partial charge in [-0.05, 0) is 42.7 Å². The first-order valence-electron chi connectivity index (χ1n) is 8.48. The summed E-state index contributed by atoms with van der Waals surface area (Å²) in [5, 5.41) is 11.5. The van der Waals surface area contributed by atoms with Crippen LogP contribution in [0, 0.1) is 12.8 Å². The Morgan fingerprint density at radius 1 is 1.28 bits per heavy atom. The van der Waals surface area contributed by atoms with Crippen molar-refractivity contribution in [2.45, 2.75) is 45.7 Å². The summed E-state index contributed by atoms with van der Waals surface area (Å²) in [5.74, 6) is 1.18. The quantitative estimate of drug-likeness (QED) is 0.645. The monoisotopic (exact) mass is 395 g/mol. The van der Waals surface area contributed by atoms with Gasteiger partial charge in [0.05, 0.1) is 0 Å². The molecule has 1 aliphatic rings. The van der Waals surface area contributed by atoms with Crippen LogP contribution in [0.15, 0.2) is 0 Å². The summed E-state index contributed by atoms with van der Waals surface area (Å²) in [6.07, 6.45) is 3.03. The minimum Gasteiger partial charge on any atom is -0.301 e. The van der Waals surface area contributed by atoms with Crippen LogP contribution in [0.5, 0.6) is 0 Å². The summed E-state index contributed by atoms with van der Waals surface area (Å²) in [6.45, 7) is 7.41. The molecular formula is C14H30ClN7O2S. The van der Waals surface area contributed by atoms with E-state index in [0.29, 0.717) is 5.92 Å². The number of aryl methyl sites for hydroxylation is 2. The summed E-state index contributed by atoms with van der Waals surface area (Å²) in [6, 6.07) is -0.0212. The Morgan fingerprint density at radius 3 is 2.56 bits per heavy atom. The topological polar surface area (TPSA) is 96.2 Å². The highest BCUT2D eigenvalue weighted by Gasteiger charge is 2.34. The van der Waals surface area contributed by atoms with E-state index in [1.165, 1.54) is 4.31 Å². The van der Waals surface area contributed by atoms with Crippen LogP contribution in [0.25, 0.3) is 0 Å². The second kappa shape index (κ2) is 9.77. The summed E-state index contributed by atoms with van der Waals surface area (Å²) in [5.41, 5.74) is 0. The molecule has 25 heavy (non-hydrogen) atoms.